The van der Waals surface area contributed by atoms with Crippen LogP contribution in [0.4, 0.5) is 0 Å². The number of para-hydroxylation sites is 1. The number of ether oxygens (including phenoxy) is 2. The summed E-state index contributed by atoms with van der Waals surface area (Å²) in [5.74, 6) is -0.200. The maximum Gasteiger partial charge on any atom is 0.333 e. The van der Waals surface area contributed by atoms with E-state index in [0.29, 0.717) is 27.1 Å². The van der Waals surface area contributed by atoms with E-state index in [1.807, 2.05) is 72.8 Å². The minimum absolute atomic E-state index is 0.207. The smallest absolute Gasteiger partial charge is 0.333 e. The fraction of sp³-hybridized carbons (Fsp3) is 0.148. The van der Waals surface area contributed by atoms with Gasteiger partial charge < -0.3 is 9.47 Å². The van der Waals surface area contributed by atoms with Crippen molar-refractivity contribution in [2.45, 2.75) is 19.6 Å². The highest BCUT2D eigenvalue weighted by molar-refractivity contribution is 8.26. The molecule has 0 N–H and O–H groups in total. The van der Waals surface area contributed by atoms with E-state index in [1.54, 1.807) is 25.1 Å². The maximum atomic E-state index is 13.4. The molecule has 3 aromatic rings. The summed E-state index contributed by atoms with van der Waals surface area (Å²) in [4.78, 5) is 28.0. The summed E-state index contributed by atoms with van der Waals surface area (Å²) in [5.41, 5.74) is 2.44. The zero-order valence-corrected chi connectivity index (χ0v) is 20.2. The number of carbonyl (C=O) groups excluding carboxylic acids is 2. The highest BCUT2D eigenvalue weighted by atomic mass is 32.2. The molecular formula is C27H23NO4S2. The van der Waals surface area contributed by atoms with Gasteiger partial charge in [0, 0.05) is 5.56 Å². The Hall–Kier alpha value is -3.42. The van der Waals surface area contributed by atoms with Crippen LogP contribution in [0, 0.1) is 0 Å². The molecule has 0 radical (unpaired) electrons. The molecule has 1 aliphatic rings. The van der Waals surface area contributed by atoms with Gasteiger partial charge in [0.05, 0.1) is 11.5 Å². The Morgan fingerprint density at radius 1 is 1.00 bits per heavy atom. The number of nitrogens with zero attached hydrogens (tertiary/aromatic N) is 1. The molecule has 0 saturated carbocycles. The van der Waals surface area contributed by atoms with Crippen LogP contribution in [0.25, 0.3) is 6.08 Å². The second kappa shape index (κ2) is 11.1. The van der Waals surface area contributed by atoms with Gasteiger partial charge in [-0.05, 0) is 30.2 Å². The molecule has 0 aromatic heterocycles. The van der Waals surface area contributed by atoms with Crippen LogP contribution in [0.2, 0.25) is 0 Å². The lowest BCUT2D eigenvalue weighted by Gasteiger charge is -2.25. The molecule has 1 unspecified atom stereocenters. The fourth-order valence-electron chi connectivity index (χ4n) is 3.56. The number of carbonyl (C=O) groups is 2. The van der Waals surface area contributed by atoms with E-state index in [0.717, 1.165) is 22.9 Å². The first-order valence-corrected chi connectivity index (χ1v) is 12.1. The molecule has 172 valence electrons. The van der Waals surface area contributed by atoms with Crippen LogP contribution in [0.5, 0.6) is 5.75 Å². The summed E-state index contributed by atoms with van der Waals surface area (Å²) in [7, 11) is 0. The van der Waals surface area contributed by atoms with Crippen molar-refractivity contribution in [1.82, 2.24) is 4.90 Å². The second-order valence-corrected chi connectivity index (χ2v) is 9.10. The first-order chi connectivity index (χ1) is 16.6. The van der Waals surface area contributed by atoms with E-state index < -0.39 is 12.0 Å². The second-order valence-electron chi connectivity index (χ2n) is 7.43. The van der Waals surface area contributed by atoms with Gasteiger partial charge in [-0.15, -0.1) is 0 Å². The Bertz CT molecular complexity index is 1210. The number of esters is 1. The van der Waals surface area contributed by atoms with E-state index in [-0.39, 0.29) is 12.5 Å². The van der Waals surface area contributed by atoms with Crippen molar-refractivity contribution < 1.29 is 19.1 Å². The van der Waals surface area contributed by atoms with Crippen LogP contribution in [0.15, 0.2) is 89.8 Å². The zero-order valence-electron chi connectivity index (χ0n) is 18.5. The molecule has 0 aliphatic carbocycles. The highest BCUT2D eigenvalue weighted by Crippen LogP contribution is 2.39. The van der Waals surface area contributed by atoms with Crippen molar-refractivity contribution in [3.05, 3.63) is 107 Å². The first-order valence-electron chi connectivity index (χ1n) is 10.8. The van der Waals surface area contributed by atoms with Crippen LogP contribution in [0.3, 0.4) is 0 Å². The van der Waals surface area contributed by atoms with Gasteiger partial charge in [-0.2, -0.15) is 0 Å². The van der Waals surface area contributed by atoms with Crippen molar-refractivity contribution in [3.63, 3.8) is 0 Å². The SMILES string of the molecule is CCOC(=O)C(c1ccccc1)N1C(=O)/C(=C/c2ccccc2OCc2ccccc2)SC1=S. The molecule has 1 atom stereocenters. The predicted octanol–water partition coefficient (Wildman–Crippen LogP) is 5.77. The van der Waals surface area contributed by atoms with Gasteiger partial charge in [-0.3, -0.25) is 9.69 Å². The van der Waals surface area contributed by atoms with Crippen LogP contribution in [-0.2, 0) is 20.9 Å². The average Bonchev–Trinajstić information content (AvgIpc) is 3.13. The third kappa shape index (κ3) is 5.38. The number of thioether (sulfide) groups is 1. The van der Waals surface area contributed by atoms with Gasteiger partial charge in [-0.25, -0.2) is 4.79 Å². The van der Waals surface area contributed by atoms with E-state index in [9.17, 15) is 9.59 Å². The highest BCUT2D eigenvalue weighted by Gasteiger charge is 2.42. The summed E-state index contributed by atoms with van der Waals surface area (Å²) >= 11 is 6.69. The molecule has 1 amide bonds. The van der Waals surface area contributed by atoms with Crippen molar-refractivity contribution in [2.75, 3.05) is 6.61 Å². The third-order valence-corrected chi connectivity index (χ3v) is 6.48. The van der Waals surface area contributed by atoms with Crippen molar-refractivity contribution in [1.29, 1.82) is 0 Å². The van der Waals surface area contributed by atoms with Gasteiger partial charge in [0.1, 0.15) is 16.7 Å². The Morgan fingerprint density at radius 3 is 2.35 bits per heavy atom. The lowest BCUT2D eigenvalue weighted by Crippen LogP contribution is -2.38. The zero-order chi connectivity index (χ0) is 23.9. The van der Waals surface area contributed by atoms with Crippen molar-refractivity contribution >= 4 is 46.3 Å². The van der Waals surface area contributed by atoms with Gasteiger partial charge in [0.25, 0.3) is 5.91 Å². The van der Waals surface area contributed by atoms with E-state index in [4.69, 9.17) is 21.7 Å². The molecule has 4 rings (SSSR count). The molecule has 34 heavy (non-hydrogen) atoms. The topological polar surface area (TPSA) is 55.8 Å². The summed E-state index contributed by atoms with van der Waals surface area (Å²) in [6, 6.07) is 25.5. The number of hydrogen-bond donors (Lipinski definition) is 0. The largest absolute Gasteiger partial charge is 0.488 e. The van der Waals surface area contributed by atoms with Crippen LogP contribution >= 0.6 is 24.0 Å². The molecule has 1 heterocycles. The monoisotopic (exact) mass is 489 g/mol. The lowest BCUT2D eigenvalue weighted by molar-refractivity contribution is -0.151. The molecule has 5 nitrogen and oxygen atoms in total. The predicted molar refractivity (Wildman–Crippen MR) is 138 cm³/mol. The molecule has 1 fully saturated rings. The summed E-state index contributed by atoms with van der Waals surface area (Å²) < 4.78 is 11.6. The number of benzene rings is 3. The third-order valence-electron chi connectivity index (χ3n) is 5.15. The van der Waals surface area contributed by atoms with Crippen LogP contribution in [0.1, 0.15) is 29.7 Å². The lowest BCUT2D eigenvalue weighted by atomic mass is 10.1. The molecular weight excluding hydrogens is 466 g/mol. The molecule has 1 saturated heterocycles. The Morgan fingerprint density at radius 2 is 1.65 bits per heavy atom. The van der Waals surface area contributed by atoms with Gasteiger partial charge in [0.15, 0.2) is 6.04 Å². The summed E-state index contributed by atoms with van der Waals surface area (Å²) in [5, 5.41) is 0. The first kappa shape index (κ1) is 23.7. The van der Waals surface area contributed by atoms with E-state index in [2.05, 4.69) is 0 Å². The van der Waals surface area contributed by atoms with Crippen molar-refractivity contribution in [3.8, 4) is 5.75 Å². The van der Waals surface area contributed by atoms with Gasteiger partial charge >= 0.3 is 5.97 Å². The normalized spacial score (nSPS) is 15.4. The standard InChI is InChI=1S/C27H23NO4S2/c1-2-31-26(30)24(20-13-7-4-8-14-20)28-25(29)23(34-27(28)33)17-21-15-9-10-16-22(21)32-18-19-11-5-3-6-12-19/h3-17,24H,2,18H2,1H3/b23-17-. The Kier molecular flexibility index (Phi) is 7.77. The number of thiocarbonyl (C=S) groups is 1. The average molecular weight is 490 g/mol. The molecule has 0 spiro atoms. The number of amides is 1. The summed E-state index contributed by atoms with van der Waals surface area (Å²) in [6.07, 6.45) is 1.76. The van der Waals surface area contributed by atoms with Crippen molar-refractivity contribution in [2.24, 2.45) is 0 Å². The molecule has 3 aromatic carbocycles. The minimum Gasteiger partial charge on any atom is -0.488 e. The maximum absolute atomic E-state index is 13.4. The van der Waals surface area contributed by atoms with Crippen LogP contribution in [-0.4, -0.2) is 27.7 Å². The van der Waals surface area contributed by atoms with E-state index in [1.165, 1.54) is 4.90 Å². The molecule has 7 heteroatoms. The van der Waals surface area contributed by atoms with E-state index >= 15 is 0 Å². The van der Waals surface area contributed by atoms with Gasteiger partial charge in [-0.1, -0.05) is 103 Å². The number of hydrogen-bond acceptors (Lipinski definition) is 6. The fourth-order valence-corrected chi connectivity index (χ4v) is 4.86. The minimum atomic E-state index is -0.941. The summed E-state index contributed by atoms with van der Waals surface area (Å²) in [6.45, 7) is 2.35. The molecule has 1 aliphatic heterocycles. The van der Waals surface area contributed by atoms with Crippen LogP contribution < -0.4 is 4.74 Å². The Labute approximate surface area is 208 Å². The van der Waals surface area contributed by atoms with Gasteiger partial charge in [0.2, 0.25) is 0 Å². The number of rotatable bonds is 8. The molecule has 0 bridgehead atoms. The quantitative estimate of drug-likeness (QED) is 0.227. The Balaban J connectivity index is 1.61.